The third kappa shape index (κ3) is 7.02. The van der Waals surface area contributed by atoms with Gasteiger partial charge in [-0.05, 0) is 21.3 Å². The topological polar surface area (TPSA) is 345 Å². The number of ether oxygens (including phenoxy) is 1. The molecule has 0 aliphatic carbocycles. The van der Waals surface area contributed by atoms with Crippen molar-refractivity contribution in [1.82, 2.24) is 19.5 Å². The van der Waals surface area contributed by atoms with Crippen LogP contribution in [0, 0.1) is 0 Å². The largest absolute Gasteiger partial charge is 0.490 e. The van der Waals surface area contributed by atoms with Crippen molar-refractivity contribution in [3.8, 4) is 0 Å². The molecule has 36 heavy (non-hydrogen) atoms. The second kappa shape index (κ2) is 10.8. The van der Waals surface area contributed by atoms with Gasteiger partial charge in [0.2, 0.25) is 5.95 Å². The Bertz CT molecular complexity index is 1380. The third-order valence-electron chi connectivity index (χ3n) is 4.15. The molecule has 0 saturated carbocycles. The van der Waals surface area contributed by atoms with Gasteiger partial charge in [0.1, 0.15) is 24.0 Å². The van der Waals surface area contributed by atoms with Crippen LogP contribution in [0.4, 0.5) is 11.8 Å². The molecule has 0 spiro atoms. The normalized spacial score (nSPS) is 23.4. The van der Waals surface area contributed by atoms with Crippen molar-refractivity contribution >= 4 is 46.4 Å². The van der Waals surface area contributed by atoms with Crippen molar-refractivity contribution in [3.05, 3.63) is 27.2 Å². The molecule has 2 unspecified atom stereocenters. The molecule has 1 saturated heterocycles. The molecule has 0 aromatic carbocycles. The number of aromatic nitrogens is 4. The van der Waals surface area contributed by atoms with Gasteiger partial charge < -0.3 is 24.3 Å². The van der Waals surface area contributed by atoms with Crippen LogP contribution in [0.1, 0.15) is 12.6 Å². The number of rotatable bonds is 11. The van der Waals surface area contributed by atoms with Crippen LogP contribution in [-0.4, -0.2) is 57.9 Å². The minimum absolute atomic E-state index is 0.00380. The maximum absolute atomic E-state index is 12.0. The van der Waals surface area contributed by atoms with Crippen LogP contribution in [-0.2, 0) is 36.4 Å². The molecule has 0 radical (unpaired) electrons. The molecule has 2 aromatic rings. The average Bonchev–Trinajstić information content (AvgIpc) is 3.34. The fourth-order valence-corrected chi connectivity index (χ4v) is 5.96. The molecule has 196 valence electrons. The van der Waals surface area contributed by atoms with Crippen molar-refractivity contribution in [2.75, 3.05) is 6.61 Å². The van der Waals surface area contributed by atoms with Crippen LogP contribution in [0.5, 0.6) is 0 Å². The Balaban J connectivity index is 1.79. The van der Waals surface area contributed by atoms with E-state index in [2.05, 4.69) is 48.1 Å². The van der Waals surface area contributed by atoms with Crippen molar-refractivity contribution in [2.24, 2.45) is 16.1 Å². The molecule has 3 rings (SSSR count). The minimum Gasteiger partial charge on any atom is -0.349 e. The van der Waals surface area contributed by atoms with Gasteiger partial charge in [0.25, 0.3) is 0 Å². The number of nitrogens with two attached hydrogens (primary N) is 1. The summed E-state index contributed by atoms with van der Waals surface area (Å²) < 4.78 is 52.9. The number of hydrogen-bond acceptors (Lipinski definition) is 14. The maximum atomic E-state index is 12.0. The molecule has 26 heteroatoms. The van der Waals surface area contributed by atoms with Crippen LogP contribution >= 0.6 is 23.5 Å². The van der Waals surface area contributed by atoms with Crippen LogP contribution < -0.4 is 5.90 Å². The van der Waals surface area contributed by atoms with E-state index in [1.54, 1.807) is 0 Å². The molecular formula is C10H14N11O12P3. The Labute approximate surface area is 197 Å². The Morgan fingerprint density at radius 2 is 1.83 bits per heavy atom. The van der Waals surface area contributed by atoms with Crippen LogP contribution in [0.15, 0.2) is 16.6 Å². The summed E-state index contributed by atoms with van der Waals surface area (Å²) in [5.41, 5.74) is 17.4. The predicted octanol–water partition coefficient (Wildman–Crippen LogP) is 1.60. The lowest BCUT2D eigenvalue weighted by Gasteiger charge is -2.20. The summed E-state index contributed by atoms with van der Waals surface area (Å²) in [6.07, 6.45) is -2.03. The number of imidazole rings is 1. The van der Waals surface area contributed by atoms with Gasteiger partial charge in [-0.3, -0.25) is 13.9 Å². The van der Waals surface area contributed by atoms with Gasteiger partial charge in [0, 0.05) is 16.2 Å². The molecule has 1 fully saturated rings. The third-order valence-corrected chi connectivity index (χ3v) is 7.95. The van der Waals surface area contributed by atoms with E-state index >= 15 is 0 Å². The van der Waals surface area contributed by atoms with E-state index in [1.807, 2.05) is 0 Å². The lowest BCUT2D eigenvalue weighted by atomic mass is 10.2. The maximum Gasteiger partial charge on any atom is 0.490 e. The van der Waals surface area contributed by atoms with E-state index in [4.69, 9.17) is 36.3 Å². The van der Waals surface area contributed by atoms with Crippen LogP contribution in [0.25, 0.3) is 32.0 Å². The van der Waals surface area contributed by atoms with Gasteiger partial charge in [0.15, 0.2) is 11.5 Å². The molecular weight excluding hydrogens is 559 g/mol. The standard InChI is InChI=1S/C10H14N11O12P3/c11-19-17-8-7-9(16-10(15-8)18-20-12)21(3-14-7)6-1-4(31-13)5(30-6)2-29-35(25,26)33-36(27,28)32-34(22,23)24/h3-6H,1-2,13H2,(H,25,26)(H,27,28)(H2,22,23,24)/t4-,5-,6-/m1/s1. The quantitative estimate of drug-likeness (QED) is 0.0837. The van der Waals surface area contributed by atoms with Gasteiger partial charge in [-0.2, -0.15) is 8.62 Å². The first-order valence-corrected chi connectivity index (χ1v) is 13.4. The summed E-state index contributed by atoms with van der Waals surface area (Å²) in [5, 5.41) is 6.62. The van der Waals surface area contributed by atoms with Gasteiger partial charge in [0.05, 0.1) is 12.9 Å². The van der Waals surface area contributed by atoms with Gasteiger partial charge in [-0.15, -0.1) is 0 Å². The lowest BCUT2D eigenvalue weighted by Crippen LogP contribution is -2.31. The van der Waals surface area contributed by atoms with E-state index in [9.17, 15) is 23.5 Å². The molecule has 0 amide bonds. The first-order chi connectivity index (χ1) is 16.8. The van der Waals surface area contributed by atoms with Crippen LogP contribution in [0.2, 0.25) is 0 Å². The van der Waals surface area contributed by atoms with E-state index in [0.717, 1.165) is 0 Å². The first kappa shape index (κ1) is 28.0. The Morgan fingerprint density at radius 3 is 2.44 bits per heavy atom. The Hall–Kier alpha value is -2.54. The zero-order valence-electron chi connectivity index (χ0n) is 17.2. The van der Waals surface area contributed by atoms with Crippen molar-refractivity contribution in [3.63, 3.8) is 0 Å². The summed E-state index contributed by atoms with van der Waals surface area (Å²) in [4.78, 5) is 57.7. The summed E-state index contributed by atoms with van der Waals surface area (Å²) >= 11 is 0. The summed E-state index contributed by atoms with van der Waals surface area (Å²) in [6, 6.07) is 0. The van der Waals surface area contributed by atoms with Crippen LogP contribution in [0.3, 0.4) is 0 Å². The van der Waals surface area contributed by atoms with Crippen molar-refractivity contribution in [1.29, 1.82) is 0 Å². The van der Waals surface area contributed by atoms with E-state index in [1.165, 1.54) is 10.9 Å². The molecule has 1 aliphatic rings. The zero-order valence-corrected chi connectivity index (χ0v) is 19.9. The number of nitrogens with zero attached hydrogens (tertiary/aromatic N) is 10. The molecule has 6 N–H and O–H groups in total. The zero-order chi connectivity index (χ0) is 26.7. The molecule has 2 aromatic heterocycles. The number of azide groups is 2. The summed E-state index contributed by atoms with van der Waals surface area (Å²) in [6.45, 7) is -0.836. The number of phosphoric ester groups is 1. The smallest absolute Gasteiger partial charge is 0.349 e. The summed E-state index contributed by atoms with van der Waals surface area (Å²) in [7, 11) is -16.7. The highest BCUT2D eigenvalue weighted by molar-refractivity contribution is 7.66. The molecule has 1 aliphatic heterocycles. The highest BCUT2D eigenvalue weighted by atomic mass is 31.3. The van der Waals surface area contributed by atoms with E-state index in [-0.39, 0.29) is 23.4 Å². The van der Waals surface area contributed by atoms with Crippen molar-refractivity contribution in [2.45, 2.75) is 24.9 Å². The molecule has 0 bridgehead atoms. The fraction of sp³-hybridized carbons (Fsp3) is 0.500. The molecule has 5 atom stereocenters. The number of hydrogen-bond donors (Lipinski definition) is 5. The van der Waals surface area contributed by atoms with E-state index < -0.39 is 54.5 Å². The monoisotopic (exact) mass is 573 g/mol. The Morgan fingerprint density at radius 1 is 1.14 bits per heavy atom. The predicted molar refractivity (Wildman–Crippen MR) is 110 cm³/mol. The highest BCUT2D eigenvalue weighted by Gasteiger charge is 2.43. The Kier molecular flexibility index (Phi) is 8.44. The SMILES string of the molecule is [N-]=[N+]=Nc1nc(N=[N+]=[N-])c2ncn([C@H]3C[C@@H](ON)[C@@H](COP(=O)(O)OP(=O)(O)OP(=O)(O)O)O3)c2n1. The first-order valence-electron chi connectivity index (χ1n) is 8.91. The average molecular weight is 573 g/mol. The number of phosphoric acid groups is 3. The lowest BCUT2D eigenvalue weighted by molar-refractivity contribution is -0.0600. The minimum atomic E-state index is -5.71. The molecule has 3 heterocycles. The molecule has 23 nitrogen and oxygen atoms in total. The highest BCUT2D eigenvalue weighted by Crippen LogP contribution is 2.66. The fourth-order valence-electron chi connectivity index (χ4n) is 2.93. The van der Waals surface area contributed by atoms with Gasteiger partial charge >= 0.3 is 23.5 Å². The van der Waals surface area contributed by atoms with Crippen molar-refractivity contribution < 1.29 is 56.0 Å². The van der Waals surface area contributed by atoms with Gasteiger partial charge in [-0.25, -0.2) is 34.5 Å². The van der Waals surface area contributed by atoms with E-state index in [0.29, 0.717) is 0 Å². The number of fused-ring (bicyclic) bond motifs is 1. The summed E-state index contributed by atoms with van der Waals surface area (Å²) in [5.74, 6) is 4.59. The second-order valence-electron chi connectivity index (χ2n) is 6.48. The van der Waals surface area contributed by atoms with Gasteiger partial charge in [-0.1, -0.05) is 0 Å². The second-order valence-corrected chi connectivity index (χ2v) is 10.9.